The molecule has 0 amide bonds. The highest BCUT2D eigenvalue weighted by atomic mass is 15.1. The van der Waals surface area contributed by atoms with Crippen LogP contribution in [0, 0.1) is 0 Å². The maximum Gasteiger partial charge on any atom is 0.115 e. The molecule has 0 saturated heterocycles. The smallest absolute Gasteiger partial charge is 0.115 e. The predicted molar refractivity (Wildman–Crippen MR) is 52.1 cm³/mol. The molecule has 0 fully saturated rings. The molecule has 3 nitrogen and oxygen atoms in total. The third-order valence-electron chi connectivity index (χ3n) is 2.34. The molecule has 1 aliphatic heterocycles. The van der Waals surface area contributed by atoms with Crippen molar-refractivity contribution < 1.29 is 0 Å². The first-order chi connectivity index (χ1) is 6.36. The van der Waals surface area contributed by atoms with Crippen LogP contribution in [0.4, 0.5) is 0 Å². The fourth-order valence-corrected chi connectivity index (χ4v) is 1.50. The van der Waals surface area contributed by atoms with E-state index in [9.17, 15) is 0 Å². The summed E-state index contributed by atoms with van der Waals surface area (Å²) in [6.07, 6.45) is 8.68. The third kappa shape index (κ3) is 1.92. The summed E-state index contributed by atoms with van der Waals surface area (Å²) in [5.74, 6) is 0. The normalized spacial score (nSPS) is 18.4. The number of hydrogen-bond acceptors (Lipinski definition) is 3. The van der Waals surface area contributed by atoms with E-state index in [0.29, 0.717) is 0 Å². The van der Waals surface area contributed by atoms with Gasteiger partial charge in [0, 0.05) is 31.0 Å². The molecule has 0 atom stereocenters. The minimum absolute atomic E-state index is 1.03. The van der Waals surface area contributed by atoms with Crippen LogP contribution in [-0.4, -0.2) is 35.0 Å². The summed E-state index contributed by atoms with van der Waals surface area (Å²) < 4.78 is 0. The molecule has 68 valence electrons. The molecule has 0 N–H and O–H groups in total. The fraction of sp³-hybridized carbons (Fsp3) is 0.400. The first-order valence-corrected chi connectivity index (χ1v) is 4.49. The van der Waals surface area contributed by atoms with Gasteiger partial charge in [-0.1, -0.05) is 6.08 Å². The summed E-state index contributed by atoms with van der Waals surface area (Å²) in [5.41, 5.74) is 2.54. The molecule has 2 rings (SSSR count). The van der Waals surface area contributed by atoms with Crippen LogP contribution < -0.4 is 0 Å². The first kappa shape index (κ1) is 8.38. The summed E-state index contributed by atoms with van der Waals surface area (Å²) in [4.78, 5) is 10.3. The van der Waals surface area contributed by atoms with Gasteiger partial charge in [-0.3, -0.25) is 0 Å². The zero-order chi connectivity index (χ0) is 9.10. The second kappa shape index (κ2) is 3.66. The van der Waals surface area contributed by atoms with Crippen LogP contribution >= 0.6 is 0 Å². The van der Waals surface area contributed by atoms with Crippen LogP contribution in [0.2, 0.25) is 0 Å². The Morgan fingerprint density at radius 3 is 2.69 bits per heavy atom. The Morgan fingerprint density at radius 1 is 1.31 bits per heavy atom. The third-order valence-corrected chi connectivity index (χ3v) is 2.34. The van der Waals surface area contributed by atoms with Crippen molar-refractivity contribution in [2.75, 3.05) is 20.1 Å². The molecule has 1 aliphatic rings. The minimum Gasteiger partial charge on any atom is -0.302 e. The van der Waals surface area contributed by atoms with E-state index >= 15 is 0 Å². The molecule has 1 aromatic rings. The standard InChI is InChI=1S/C10H13N3/c1-13-4-2-9(3-5-13)10-6-11-8-12-7-10/h2,6-8H,3-5H2,1H3. The Balaban J connectivity index is 2.19. The van der Waals surface area contributed by atoms with Crippen molar-refractivity contribution in [3.05, 3.63) is 30.4 Å². The largest absolute Gasteiger partial charge is 0.302 e. The van der Waals surface area contributed by atoms with Gasteiger partial charge < -0.3 is 4.90 Å². The molecule has 0 bridgehead atoms. The predicted octanol–water partition coefficient (Wildman–Crippen LogP) is 1.20. The first-order valence-electron chi connectivity index (χ1n) is 4.49. The molecule has 1 aromatic heterocycles. The van der Waals surface area contributed by atoms with E-state index in [1.54, 1.807) is 6.33 Å². The Morgan fingerprint density at radius 2 is 2.08 bits per heavy atom. The monoisotopic (exact) mass is 175 g/mol. The second-order valence-corrected chi connectivity index (χ2v) is 3.37. The Bertz CT molecular complexity index is 305. The summed E-state index contributed by atoms with van der Waals surface area (Å²) in [7, 11) is 2.13. The molecular weight excluding hydrogens is 162 g/mol. The van der Waals surface area contributed by atoms with Crippen LogP contribution in [-0.2, 0) is 0 Å². The molecule has 0 saturated carbocycles. The average molecular weight is 175 g/mol. The fourth-order valence-electron chi connectivity index (χ4n) is 1.50. The molecule has 0 aromatic carbocycles. The topological polar surface area (TPSA) is 29.0 Å². The Kier molecular flexibility index (Phi) is 2.36. The lowest BCUT2D eigenvalue weighted by Gasteiger charge is -2.21. The van der Waals surface area contributed by atoms with Crippen LogP contribution in [0.15, 0.2) is 24.8 Å². The van der Waals surface area contributed by atoms with Crippen molar-refractivity contribution in [3.8, 4) is 0 Å². The van der Waals surface area contributed by atoms with Crippen LogP contribution in [0.25, 0.3) is 5.57 Å². The molecule has 0 radical (unpaired) electrons. The highest BCUT2D eigenvalue weighted by Gasteiger charge is 2.09. The SMILES string of the molecule is CN1CC=C(c2cncnc2)CC1. The van der Waals surface area contributed by atoms with Gasteiger partial charge in [-0.2, -0.15) is 0 Å². The quantitative estimate of drug-likeness (QED) is 0.642. The molecule has 3 heteroatoms. The summed E-state index contributed by atoms with van der Waals surface area (Å²) >= 11 is 0. The van der Waals surface area contributed by atoms with Crippen molar-refractivity contribution in [3.63, 3.8) is 0 Å². The lowest BCUT2D eigenvalue weighted by atomic mass is 10.0. The van der Waals surface area contributed by atoms with Crippen molar-refractivity contribution in [2.45, 2.75) is 6.42 Å². The van der Waals surface area contributed by atoms with Gasteiger partial charge in [0.2, 0.25) is 0 Å². The number of nitrogens with zero attached hydrogens (tertiary/aromatic N) is 3. The van der Waals surface area contributed by atoms with Crippen LogP contribution in [0.3, 0.4) is 0 Å². The summed E-state index contributed by atoms with van der Waals surface area (Å²) in [6.45, 7) is 2.16. The van der Waals surface area contributed by atoms with E-state index in [1.807, 2.05) is 12.4 Å². The molecule has 0 unspecified atom stereocenters. The highest BCUT2D eigenvalue weighted by Crippen LogP contribution is 2.19. The number of aromatic nitrogens is 2. The zero-order valence-corrected chi connectivity index (χ0v) is 7.77. The van der Waals surface area contributed by atoms with Gasteiger partial charge in [-0.25, -0.2) is 9.97 Å². The molecule has 13 heavy (non-hydrogen) atoms. The van der Waals surface area contributed by atoms with Crippen molar-refractivity contribution in [1.29, 1.82) is 0 Å². The molecule has 2 heterocycles. The number of likely N-dealkylation sites (N-methyl/N-ethyl adjacent to an activating group) is 1. The Labute approximate surface area is 78.1 Å². The van der Waals surface area contributed by atoms with E-state index < -0.39 is 0 Å². The highest BCUT2D eigenvalue weighted by molar-refractivity contribution is 5.65. The van der Waals surface area contributed by atoms with E-state index in [4.69, 9.17) is 0 Å². The molecule has 0 spiro atoms. The van der Waals surface area contributed by atoms with Gasteiger partial charge in [-0.15, -0.1) is 0 Å². The lowest BCUT2D eigenvalue weighted by Crippen LogP contribution is -2.23. The van der Waals surface area contributed by atoms with E-state index in [2.05, 4.69) is 28.0 Å². The van der Waals surface area contributed by atoms with E-state index in [1.165, 1.54) is 5.57 Å². The summed E-state index contributed by atoms with van der Waals surface area (Å²) in [6, 6.07) is 0. The maximum atomic E-state index is 4.01. The molecule has 0 aliphatic carbocycles. The second-order valence-electron chi connectivity index (χ2n) is 3.37. The van der Waals surface area contributed by atoms with Crippen LogP contribution in [0.5, 0.6) is 0 Å². The average Bonchev–Trinajstić information content (AvgIpc) is 2.20. The lowest BCUT2D eigenvalue weighted by molar-refractivity contribution is 0.370. The minimum atomic E-state index is 1.03. The van der Waals surface area contributed by atoms with Gasteiger partial charge in [0.15, 0.2) is 0 Å². The van der Waals surface area contributed by atoms with Gasteiger partial charge in [-0.05, 0) is 19.0 Å². The van der Waals surface area contributed by atoms with Crippen LogP contribution in [0.1, 0.15) is 12.0 Å². The van der Waals surface area contributed by atoms with E-state index in [-0.39, 0.29) is 0 Å². The van der Waals surface area contributed by atoms with Gasteiger partial charge in [0.1, 0.15) is 6.33 Å². The van der Waals surface area contributed by atoms with Crippen molar-refractivity contribution >= 4 is 5.57 Å². The van der Waals surface area contributed by atoms with Gasteiger partial charge in [0.25, 0.3) is 0 Å². The maximum absolute atomic E-state index is 4.01. The van der Waals surface area contributed by atoms with Crippen molar-refractivity contribution in [1.82, 2.24) is 14.9 Å². The molecular formula is C10H13N3. The number of rotatable bonds is 1. The van der Waals surface area contributed by atoms with Gasteiger partial charge >= 0.3 is 0 Å². The Hall–Kier alpha value is -1.22. The summed E-state index contributed by atoms with van der Waals surface area (Å²) in [5, 5.41) is 0. The zero-order valence-electron chi connectivity index (χ0n) is 7.77. The van der Waals surface area contributed by atoms with Crippen molar-refractivity contribution in [2.24, 2.45) is 0 Å². The van der Waals surface area contributed by atoms with Gasteiger partial charge in [0.05, 0.1) is 0 Å². The number of hydrogen-bond donors (Lipinski definition) is 0. The van der Waals surface area contributed by atoms with E-state index in [0.717, 1.165) is 25.1 Å².